The quantitative estimate of drug-likeness (QED) is 0.474. The first-order valence-electron chi connectivity index (χ1n) is 8.51. The number of aromatic nitrogens is 1. The first-order chi connectivity index (χ1) is 13.2. The lowest BCUT2D eigenvalue weighted by Gasteiger charge is -2.03. The van der Waals surface area contributed by atoms with Gasteiger partial charge in [0.15, 0.2) is 5.76 Å². The Labute approximate surface area is 164 Å². The van der Waals surface area contributed by atoms with E-state index in [0.29, 0.717) is 18.1 Å². The largest absolute Gasteiger partial charge is 0.459 e. The summed E-state index contributed by atoms with van der Waals surface area (Å²) in [7, 11) is 0. The highest BCUT2D eigenvalue weighted by atomic mass is 32.2. The lowest BCUT2D eigenvalue weighted by Crippen LogP contribution is -2.24. The van der Waals surface area contributed by atoms with Crippen molar-refractivity contribution in [3.63, 3.8) is 0 Å². The van der Waals surface area contributed by atoms with Crippen LogP contribution in [0.2, 0.25) is 0 Å². The van der Waals surface area contributed by atoms with E-state index in [-0.39, 0.29) is 5.91 Å². The van der Waals surface area contributed by atoms with Crippen LogP contribution in [0.1, 0.15) is 17.0 Å². The predicted octanol–water partition coefficient (Wildman–Crippen LogP) is 5.01. The highest BCUT2D eigenvalue weighted by Gasteiger charge is 2.12. The van der Waals surface area contributed by atoms with Gasteiger partial charge in [0.2, 0.25) is 5.91 Å². The first kappa shape index (κ1) is 17.9. The van der Waals surface area contributed by atoms with E-state index >= 15 is 0 Å². The van der Waals surface area contributed by atoms with Crippen molar-refractivity contribution in [2.24, 2.45) is 0 Å². The van der Waals surface area contributed by atoms with Gasteiger partial charge in [-0.3, -0.25) is 4.79 Å². The third kappa shape index (κ3) is 4.09. The van der Waals surface area contributed by atoms with Crippen LogP contribution in [0, 0.1) is 6.92 Å². The molecule has 0 atom stereocenters. The van der Waals surface area contributed by atoms with Gasteiger partial charge in [-0.05, 0) is 24.4 Å². The van der Waals surface area contributed by atoms with Gasteiger partial charge in [-0.2, -0.15) is 0 Å². The van der Waals surface area contributed by atoms with Crippen molar-refractivity contribution in [2.45, 2.75) is 19.2 Å². The Bertz CT molecular complexity index is 1050. The van der Waals surface area contributed by atoms with Crippen molar-refractivity contribution in [1.82, 2.24) is 10.5 Å². The number of hydrogen-bond acceptors (Lipinski definition) is 6. The number of hydrogen-bond donors (Lipinski definition) is 1. The molecule has 4 rings (SSSR count). The summed E-state index contributed by atoms with van der Waals surface area (Å²) in [6.45, 7) is 2.41. The van der Waals surface area contributed by atoms with Gasteiger partial charge in [-0.1, -0.05) is 29.4 Å². The molecule has 1 N–H and O–H groups in total. The summed E-state index contributed by atoms with van der Waals surface area (Å²) >= 11 is 3.12. The number of fused-ring (bicyclic) bond motifs is 1. The molecular weight excluding hydrogens is 380 g/mol. The predicted molar refractivity (Wildman–Crippen MR) is 109 cm³/mol. The fourth-order valence-corrected chi connectivity index (χ4v) is 4.19. The maximum Gasteiger partial charge on any atom is 0.230 e. The van der Waals surface area contributed by atoms with Gasteiger partial charge in [0.05, 0.1) is 22.9 Å². The Morgan fingerprint density at radius 3 is 2.96 bits per heavy atom. The van der Waals surface area contributed by atoms with Crippen molar-refractivity contribution in [3.05, 3.63) is 64.9 Å². The maximum atomic E-state index is 12.1. The molecule has 0 unspecified atom stereocenters. The van der Waals surface area contributed by atoms with Gasteiger partial charge in [0, 0.05) is 22.8 Å². The minimum atomic E-state index is -0.0261. The number of thioether (sulfide) groups is 1. The summed E-state index contributed by atoms with van der Waals surface area (Å²) in [4.78, 5) is 13.2. The molecule has 0 saturated carbocycles. The Balaban J connectivity index is 1.25. The van der Waals surface area contributed by atoms with E-state index < -0.39 is 0 Å². The number of thiophene rings is 1. The van der Waals surface area contributed by atoms with Gasteiger partial charge >= 0.3 is 0 Å². The Morgan fingerprint density at radius 1 is 1.26 bits per heavy atom. The molecular formula is C20H18N2O3S2. The molecule has 0 aliphatic heterocycles. The van der Waals surface area contributed by atoms with Crippen LogP contribution in [-0.4, -0.2) is 16.8 Å². The molecule has 3 heterocycles. The average molecular weight is 399 g/mol. The number of furan rings is 1. The van der Waals surface area contributed by atoms with Crippen molar-refractivity contribution in [2.75, 3.05) is 5.75 Å². The second-order valence-electron chi connectivity index (χ2n) is 6.08. The zero-order valence-electron chi connectivity index (χ0n) is 14.7. The zero-order valence-corrected chi connectivity index (χ0v) is 16.4. The SMILES string of the molecule is Cc1c(CNC(=O)CSCc2cc(-c3cccs3)on2)oc2ccccc12. The summed E-state index contributed by atoms with van der Waals surface area (Å²) in [5.74, 6) is 2.53. The topological polar surface area (TPSA) is 68.3 Å². The van der Waals surface area contributed by atoms with E-state index in [2.05, 4.69) is 10.5 Å². The molecule has 3 aromatic heterocycles. The van der Waals surface area contributed by atoms with Crippen LogP contribution in [-0.2, 0) is 17.1 Å². The molecule has 0 radical (unpaired) electrons. The minimum absolute atomic E-state index is 0.0261. The van der Waals surface area contributed by atoms with Gasteiger partial charge in [-0.25, -0.2) is 0 Å². The molecule has 4 aromatic rings. The van der Waals surface area contributed by atoms with E-state index in [0.717, 1.165) is 38.6 Å². The van der Waals surface area contributed by atoms with Crippen LogP contribution in [0.25, 0.3) is 21.6 Å². The summed E-state index contributed by atoms with van der Waals surface area (Å²) in [6.07, 6.45) is 0. The third-order valence-electron chi connectivity index (χ3n) is 4.19. The number of amides is 1. The van der Waals surface area contributed by atoms with Crippen molar-refractivity contribution < 1.29 is 13.7 Å². The first-order valence-corrected chi connectivity index (χ1v) is 10.5. The minimum Gasteiger partial charge on any atom is -0.459 e. The highest BCUT2D eigenvalue weighted by Crippen LogP contribution is 2.26. The third-order valence-corrected chi connectivity index (χ3v) is 6.05. The van der Waals surface area contributed by atoms with Crippen LogP contribution >= 0.6 is 23.1 Å². The Hall–Kier alpha value is -2.51. The van der Waals surface area contributed by atoms with Gasteiger partial charge in [-0.15, -0.1) is 23.1 Å². The van der Waals surface area contributed by atoms with Gasteiger partial charge < -0.3 is 14.3 Å². The second kappa shape index (κ2) is 8.02. The van der Waals surface area contributed by atoms with Crippen LogP contribution in [0.15, 0.2) is 56.8 Å². The molecule has 0 aliphatic rings. The number of rotatable bonds is 7. The number of carbonyl (C=O) groups excluding carboxylic acids is 1. The molecule has 0 bridgehead atoms. The normalized spacial score (nSPS) is 11.1. The van der Waals surface area contributed by atoms with Crippen molar-refractivity contribution in [3.8, 4) is 10.6 Å². The molecule has 1 amide bonds. The monoisotopic (exact) mass is 398 g/mol. The fraction of sp³-hybridized carbons (Fsp3) is 0.200. The maximum absolute atomic E-state index is 12.1. The van der Waals surface area contributed by atoms with E-state index in [9.17, 15) is 4.79 Å². The Kier molecular flexibility index (Phi) is 5.31. The standard InChI is InChI=1S/C20H18N2O3S2/c1-13-15-5-2-3-6-16(15)24-18(13)10-21-20(23)12-26-11-14-9-17(25-22-14)19-7-4-8-27-19/h2-9H,10-12H2,1H3,(H,21,23). The number of carbonyl (C=O) groups is 1. The second-order valence-corrected chi connectivity index (χ2v) is 8.01. The number of aryl methyl sites for hydroxylation is 1. The van der Waals surface area contributed by atoms with Crippen molar-refractivity contribution in [1.29, 1.82) is 0 Å². The van der Waals surface area contributed by atoms with E-state index in [1.54, 1.807) is 11.3 Å². The molecule has 0 fully saturated rings. The van der Waals surface area contributed by atoms with E-state index in [1.165, 1.54) is 11.8 Å². The number of nitrogens with zero attached hydrogens (tertiary/aromatic N) is 1. The van der Waals surface area contributed by atoms with Crippen LogP contribution in [0.3, 0.4) is 0 Å². The molecule has 1 aromatic carbocycles. The van der Waals surface area contributed by atoms with Crippen LogP contribution in [0.5, 0.6) is 0 Å². The highest BCUT2D eigenvalue weighted by molar-refractivity contribution is 7.99. The molecule has 5 nitrogen and oxygen atoms in total. The number of para-hydroxylation sites is 1. The summed E-state index contributed by atoms with van der Waals surface area (Å²) in [5, 5.41) is 10.1. The van der Waals surface area contributed by atoms with Gasteiger partial charge in [0.1, 0.15) is 11.3 Å². The van der Waals surface area contributed by atoms with Crippen LogP contribution < -0.4 is 5.32 Å². The number of benzene rings is 1. The smallest absolute Gasteiger partial charge is 0.230 e. The lowest BCUT2D eigenvalue weighted by atomic mass is 10.1. The molecule has 0 saturated heterocycles. The molecule has 27 heavy (non-hydrogen) atoms. The van der Waals surface area contributed by atoms with Crippen LogP contribution in [0.4, 0.5) is 0 Å². The summed E-state index contributed by atoms with van der Waals surface area (Å²) < 4.78 is 11.2. The zero-order chi connectivity index (χ0) is 18.6. The Morgan fingerprint density at radius 2 is 2.15 bits per heavy atom. The molecule has 0 spiro atoms. The lowest BCUT2D eigenvalue weighted by molar-refractivity contribution is -0.118. The summed E-state index contributed by atoms with van der Waals surface area (Å²) in [5.41, 5.74) is 2.76. The van der Waals surface area contributed by atoms with E-state index in [4.69, 9.17) is 8.94 Å². The molecule has 7 heteroatoms. The average Bonchev–Trinajstić information content (AvgIpc) is 3.41. The summed E-state index contributed by atoms with van der Waals surface area (Å²) in [6, 6.07) is 13.8. The molecule has 0 aliphatic carbocycles. The molecule has 138 valence electrons. The van der Waals surface area contributed by atoms with Crippen molar-refractivity contribution >= 4 is 40.0 Å². The van der Waals surface area contributed by atoms with Gasteiger partial charge in [0.25, 0.3) is 0 Å². The number of nitrogens with one attached hydrogen (secondary N) is 1. The van der Waals surface area contributed by atoms with E-state index in [1.807, 2.05) is 54.8 Å². The fourth-order valence-electron chi connectivity index (χ4n) is 2.79.